The average Bonchev–Trinajstić information content (AvgIpc) is 2.50. The first-order valence-corrected chi connectivity index (χ1v) is 7.04. The van der Waals surface area contributed by atoms with Crippen molar-refractivity contribution in [3.05, 3.63) is 71.8 Å². The molecule has 0 radical (unpaired) electrons. The van der Waals surface area contributed by atoms with Crippen LogP contribution < -0.4 is 10.7 Å². The molecule has 0 fully saturated rings. The van der Waals surface area contributed by atoms with Gasteiger partial charge in [0.2, 0.25) is 0 Å². The molecule has 3 nitrogen and oxygen atoms in total. The van der Waals surface area contributed by atoms with Gasteiger partial charge >= 0.3 is 0 Å². The summed E-state index contributed by atoms with van der Waals surface area (Å²) < 4.78 is 0. The smallest absolute Gasteiger partial charge is 0.191 e. The third-order valence-corrected chi connectivity index (χ3v) is 3.00. The second-order valence-corrected chi connectivity index (χ2v) is 4.84. The Bertz CT molecular complexity index is 648. The molecule has 106 valence electrons. The summed E-state index contributed by atoms with van der Waals surface area (Å²) in [5.74, 6) is 0. The molecule has 21 heavy (non-hydrogen) atoms. The SMILES string of the molecule is Cc1ccccc1NC(=S)N/N=C/C=C/c1ccccc1. The van der Waals surface area contributed by atoms with Crippen molar-refractivity contribution < 1.29 is 0 Å². The van der Waals surface area contributed by atoms with E-state index in [-0.39, 0.29) is 0 Å². The third kappa shape index (κ3) is 5.20. The molecule has 2 aromatic rings. The number of nitrogens with zero attached hydrogens (tertiary/aromatic N) is 1. The van der Waals surface area contributed by atoms with Crippen LogP contribution in [0.25, 0.3) is 6.08 Å². The van der Waals surface area contributed by atoms with Gasteiger partial charge in [-0.1, -0.05) is 54.6 Å². The molecule has 0 aliphatic heterocycles. The quantitative estimate of drug-likeness (QED) is 0.509. The normalized spacial score (nSPS) is 10.9. The van der Waals surface area contributed by atoms with Crippen LogP contribution in [0.5, 0.6) is 0 Å². The lowest BCUT2D eigenvalue weighted by molar-refractivity contribution is 1.05. The van der Waals surface area contributed by atoms with Crippen molar-refractivity contribution in [1.29, 1.82) is 0 Å². The molecule has 4 heteroatoms. The number of allylic oxidation sites excluding steroid dienone is 1. The van der Waals surface area contributed by atoms with Gasteiger partial charge in [-0.2, -0.15) is 5.10 Å². The number of aryl methyl sites for hydroxylation is 1. The van der Waals surface area contributed by atoms with Crippen molar-refractivity contribution in [2.75, 3.05) is 5.32 Å². The van der Waals surface area contributed by atoms with Crippen LogP contribution in [0.15, 0.2) is 65.8 Å². The van der Waals surface area contributed by atoms with E-state index in [2.05, 4.69) is 15.8 Å². The Morgan fingerprint density at radius 1 is 1.05 bits per heavy atom. The highest BCUT2D eigenvalue weighted by molar-refractivity contribution is 7.80. The first-order valence-electron chi connectivity index (χ1n) is 6.63. The highest BCUT2D eigenvalue weighted by atomic mass is 32.1. The number of hydrogen-bond acceptors (Lipinski definition) is 2. The van der Waals surface area contributed by atoms with Gasteiger partial charge < -0.3 is 5.32 Å². The zero-order valence-corrected chi connectivity index (χ0v) is 12.6. The molecule has 0 heterocycles. The maximum absolute atomic E-state index is 5.18. The molecule has 2 aromatic carbocycles. The topological polar surface area (TPSA) is 36.4 Å². The predicted octanol–water partition coefficient (Wildman–Crippen LogP) is 3.98. The lowest BCUT2D eigenvalue weighted by Gasteiger charge is -2.08. The second-order valence-electron chi connectivity index (χ2n) is 4.43. The van der Waals surface area contributed by atoms with Crippen LogP contribution in [0.3, 0.4) is 0 Å². The number of nitrogens with one attached hydrogen (secondary N) is 2. The fourth-order valence-electron chi connectivity index (χ4n) is 1.72. The second kappa shape index (κ2) is 7.97. The Hall–Kier alpha value is -2.46. The van der Waals surface area contributed by atoms with Crippen molar-refractivity contribution in [2.24, 2.45) is 5.10 Å². The molecule has 0 saturated heterocycles. The number of benzene rings is 2. The molecule has 0 aromatic heterocycles. The number of para-hydroxylation sites is 1. The Morgan fingerprint density at radius 3 is 2.52 bits per heavy atom. The van der Waals surface area contributed by atoms with E-state index >= 15 is 0 Å². The molecule has 0 aliphatic rings. The van der Waals surface area contributed by atoms with E-state index in [1.54, 1.807) is 6.21 Å². The molecule has 0 amide bonds. The van der Waals surface area contributed by atoms with Crippen LogP contribution in [0, 0.1) is 6.92 Å². The minimum Gasteiger partial charge on any atom is -0.331 e. The molecule has 0 spiro atoms. The van der Waals surface area contributed by atoms with Crippen molar-refractivity contribution in [3.8, 4) is 0 Å². The summed E-state index contributed by atoms with van der Waals surface area (Å²) in [5.41, 5.74) is 6.02. The van der Waals surface area contributed by atoms with E-state index in [1.807, 2.05) is 73.7 Å². The fourth-order valence-corrected chi connectivity index (χ4v) is 1.88. The predicted molar refractivity (Wildman–Crippen MR) is 94.5 cm³/mol. The Kier molecular flexibility index (Phi) is 5.67. The summed E-state index contributed by atoms with van der Waals surface area (Å²) in [4.78, 5) is 0. The molecular weight excluding hydrogens is 278 g/mol. The summed E-state index contributed by atoms with van der Waals surface area (Å²) in [6.07, 6.45) is 5.50. The zero-order chi connectivity index (χ0) is 14.9. The van der Waals surface area contributed by atoms with Crippen LogP contribution in [-0.4, -0.2) is 11.3 Å². The van der Waals surface area contributed by atoms with E-state index in [9.17, 15) is 0 Å². The molecule has 0 bridgehead atoms. The van der Waals surface area contributed by atoms with Gasteiger partial charge in [-0.3, -0.25) is 5.43 Å². The number of anilines is 1. The van der Waals surface area contributed by atoms with Gasteiger partial charge in [0, 0.05) is 11.9 Å². The lowest BCUT2D eigenvalue weighted by Crippen LogP contribution is -2.24. The highest BCUT2D eigenvalue weighted by Gasteiger charge is 1.97. The van der Waals surface area contributed by atoms with Crippen LogP contribution in [0.4, 0.5) is 5.69 Å². The van der Waals surface area contributed by atoms with Gasteiger partial charge in [0.25, 0.3) is 0 Å². The maximum atomic E-state index is 5.18. The van der Waals surface area contributed by atoms with Gasteiger partial charge in [-0.15, -0.1) is 0 Å². The largest absolute Gasteiger partial charge is 0.331 e. The molecule has 2 rings (SSSR count). The maximum Gasteiger partial charge on any atom is 0.191 e. The summed E-state index contributed by atoms with van der Waals surface area (Å²) >= 11 is 5.18. The van der Waals surface area contributed by atoms with Crippen LogP contribution in [-0.2, 0) is 0 Å². The summed E-state index contributed by atoms with van der Waals surface area (Å²) in [6.45, 7) is 2.02. The first kappa shape index (κ1) is 14.9. The van der Waals surface area contributed by atoms with Gasteiger partial charge in [0.1, 0.15) is 0 Å². The molecular formula is C17H17N3S. The monoisotopic (exact) mass is 295 g/mol. The van der Waals surface area contributed by atoms with E-state index in [1.165, 1.54) is 0 Å². The minimum absolute atomic E-state index is 0.466. The minimum atomic E-state index is 0.466. The summed E-state index contributed by atoms with van der Waals surface area (Å²) in [5, 5.41) is 7.61. The molecule has 0 atom stereocenters. The van der Waals surface area contributed by atoms with Crippen molar-refractivity contribution in [3.63, 3.8) is 0 Å². The average molecular weight is 295 g/mol. The zero-order valence-electron chi connectivity index (χ0n) is 11.8. The van der Waals surface area contributed by atoms with Gasteiger partial charge in [-0.05, 0) is 42.4 Å². The summed E-state index contributed by atoms with van der Waals surface area (Å²) in [7, 11) is 0. The Morgan fingerprint density at radius 2 is 1.76 bits per heavy atom. The first-order chi connectivity index (χ1) is 10.3. The highest BCUT2D eigenvalue weighted by Crippen LogP contribution is 2.12. The van der Waals surface area contributed by atoms with Crippen molar-refractivity contribution in [2.45, 2.75) is 6.92 Å². The summed E-state index contributed by atoms with van der Waals surface area (Å²) in [6, 6.07) is 18.0. The van der Waals surface area contributed by atoms with Crippen LogP contribution in [0.2, 0.25) is 0 Å². The van der Waals surface area contributed by atoms with E-state index < -0.39 is 0 Å². The number of hydrazone groups is 1. The molecule has 0 aliphatic carbocycles. The molecule has 0 unspecified atom stereocenters. The van der Waals surface area contributed by atoms with Crippen molar-refractivity contribution in [1.82, 2.24) is 5.43 Å². The van der Waals surface area contributed by atoms with E-state index in [4.69, 9.17) is 12.2 Å². The molecule has 2 N–H and O–H groups in total. The lowest BCUT2D eigenvalue weighted by atomic mass is 10.2. The van der Waals surface area contributed by atoms with Crippen LogP contribution >= 0.6 is 12.2 Å². The standard InChI is InChI=1S/C17H17N3S/c1-14-8-5-6-12-16(14)19-17(21)20-18-13-7-11-15-9-3-2-4-10-15/h2-13H,1H3,(H2,19,20,21)/b11-7+,18-13+. The van der Waals surface area contributed by atoms with Crippen LogP contribution in [0.1, 0.15) is 11.1 Å². The number of hydrogen-bond donors (Lipinski definition) is 2. The fraction of sp³-hybridized carbons (Fsp3) is 0.0588. The Balaban J connectivity index is 1.80. The third-order valence-electron chi connectivity index (χ3n) is 2.81. The van der Waals surface area contributed by atoms with Gasteiger partial charge in [0.05, 0.1) is 0 Å². The Labute approximate surface area is 130 Å². The molecule has 0 saturated carbocycles. The van der Waals surface area contributed by atoms with Gasteiger partial charge in [-0.25, -0.2) is 0 Å². The van der Waals surface area contributed by atoms with E-state index in [0.717, 1.165) is 16.8 Å². The number of thiocarbonyl (C=S) groups is 1. The van der Waals surface area contributed by atoms with Crippen molar-refractivity contribution >= 4 is 35.3 Å². The van der Waals surface area contributed by atoms with E-state index in [0.29, 0.717) is 5.11 Å². The number of rotatable bonds is 4. The van der Waals surface area contributed by atoms with Gasteiger partial charge in [0.15, 0.2) is 5.11 Å².